The molecule has 0 saturated carbocycles. The maximum Gasteiger partial charge on any atom is 0.573 e. The van der Waals surface area contributed by atoms with Crippen molar-refractivity contribution in [3.8, 4) is 11.4 Å². The summed E-state index contributed by atoms with van der Waals surface area (Å²) in [4.78, 5) is 13.4. The Morgan fingerprint density at radius 3 is 2.60 bits per heavy atom. The summed E-state index contributed by atoms with van der Waals surface area (Å²) >= 11 is 2.94. The summed E-state index contributed by atoms with van der Waals surface area (Å²) in [6, 6.07) is 3.74. The van der Waals surface area contributed by atoms with Crippen LogP contribution in [0, 0.1) is 10.1 Å². The van der Waals surface area contributed by atoms with E-state index in [0.29, 0.717) is 5.69 Å². The molecule has 6 nitrogen and oxygen atoms in total. The van der Waals surface area contributed by atoms with Gasteiger partial charge in [-0.25, -0.2) is 0 Å². The molecule has 0 aliphatic rings. The van der Waals surface area contributed by atoms with E-state index in [9.17, 15) is 23.3 Å². The zero-order valence-corrected chi connectivity index (χ0v) is 11.1. The molecule has 0 aliphatic carbocycles. The van der Waals surface area contributed by atoms with Crippen LogP contribution in [-0.4, -0.2) is 20.8 Å². The number of hydrogen-bond donors (Lipinski definition) is 0. The van der Waals surface area contributed by atoms with Gasteiger partial charge in [-0.05, 0) is 44.0 Å². The summed E-state index contributed by atoms with van der Waals surface area (Å²) in [5, 5.41) is 10.5. The largest absolute Gasteiger partial charge is 0.573 e. The topological polar surface area (TPSA) is 70.2 Å². The Balaban J connectivity index is 2.30. The second-order valence-electron chi connectivity index (χ2n) is 3.56. The van der Waals surface area contributed by atoms with Gasteiger partial charge < -0.3 is 14.9 Å². The van der Waals surface area contributed by atoms with Crippen molar-refractivity contribution in [2.75, 3.05) is 0 Å². The highest BCUT2D eigenvalue weighted by Gasteiger charge is 2.32. The van der Waals surface area contributed by atoms with Crippen molar-refractivity contribution in [2.45, 2.75) is 6.36 Å². The molecular formula is C10H5BrF3N3O3. The number of alkyl halides is 3. The molecule has 0 atom stereocenters. The smallest absolute Gasteiger partial charge is 0.405 e. The van der Waals surface area contributed by atoms with Crippen LogP contribution in [0.5, 0.6) is 5.75 Å². The molecule has 0 fully saturated rings. The van der Waals surface area contributed by atoms with Crippen LogP contribution in [-0.2, 0) is 0 Å². The number of benzene rings is 1. The lowest BCUT2D eigenvalue weighted by molar-refractivity contribution is -0.389. The van der Waals surface area contributed by atoms with E-state index in [-0.39, 0.29) is 10.3 Å². The second-order valence-corrected chi connectivity index (χ2v) is 4.41. The van der Waals surface area contributed by atoms with Crippen molar-refractivity contribution in [3.63, 3.8) is 0 Å². The highest BCUT2D eigenvalue weighted by atomic mass is 79.9. The minimum Gasteiger partial charge on any atom is -0.405 e. The molecule has 1 heterocycles. The van der Waals surface area contributed by atoms with Gasteiger partial charge >= 0.3 is 12.2 Å². The summed E-state index contributed by atoms with van der Waals surface area (Å²) < 4.78 is 41.5. The van der Waals surface area contributed by atoms with Crippen molar-refractivity contribution in [2.24, 2.45) is 0 Å². The summed E-state index contributed by atoms with van der Waals surface area (Å²) in [6.45, 7) is 0. The molecule has 0 saturated heterocycles. The number of halogens is 4. The van der Waals surface area contributed by atoms with Gasteiger partial charge in [-0.15, -0.1) is 13.2 Å². The first-order valence-corrected chi connectivity index (χ1v) is 5.79. The first-order valence-electron chi connectivity index (χ1n) is 5.00. The van der Waals surface area contributed by atoms with E-state index in [4.69, 9.17) is 0 Å². The summed E-state index contributed by atoms with van der Waals surface area (Å²) in [6.07, 6.45) is -2.46. The molecule has 0 unspecified atom stereocenters. The van der Waals surface area contributed by atoms with Gasteiger partial charge in [0.1, 0.15) is 11.9 Å². The van der Waals surface area contributed by atoms with Crippen LogP contribution >= 0.6 is 15.9 Å². The molecule has 2 rings (SSSR count). The molecular weight excluding hydrogens is 347 g/mol. The Kier molecular flexibility index (Phi) is 3.66. The first kappa shape index (κ1) is 14.3. The normalized spacial score (nSPS) is 11.4. The molecule has 0 amide bonds. The van der Waals surface area contributed by atoms with E-state index in [1.165, 1.54) is 23.0 Å². The van der Waals surface area contributed by atoms with Gasteiger partial charge in [0, 0.05) is 0 Å². The Labute approximate surface area is 118 Å². The quantitative estimate of drug-likeness (QED) is 0.627. The number of nitro groups is 1. The molecule has 0 radical (unpaired) electrons. The molecule has 0 aliphatic heterocycles. The van der Waals surface area contributed by atoms with E-state index >= 15 is 0 Å². The van der Waals surface area contributed by atoms with Gasteiger partial charge in [0.25, 0.3) is 0 Å². The number of ether oxygens (including phenoxy) is 1. The lowest BCUT2D eigenvalue weighted by Crippen LogP contribution is -2.17. The first-order chi connectivity index (χ1) is 9.26. The lowest BCUT2D eigenvalue weighted by atomic mass is 10.3. The Hall–Kier alpha value is -2.10. The summed E-state index contributed by atoms with van der Waals surface area (Å²) in [5.41, 5.74) is 0.395. The predicted molar refractivity (Wildman–Crippen MR) is 64.6 cm³/mol. The predicted octanol–water partition coefficient (Wildman–Crippen LogP) is 3.44. The Morgan fingerprint density at radius 1 is 1.40 bits per heavy atom. The molecule has 0 spiro atoms. The van der Waals surface area contributed by atoms with Gasteiger partial charge in [-0.1, -0.05) is 0 Å². The van der Waals surface area contributed by atoms with Crippen LogP contribution in [0.15, 0.2) is 35.2 Å². The van der Waals surface area contributed by atoms with Crippen LogP contribution in [0.1, 0.15) is 0 Å². The van der Waals surface area contributed by atoms with Crippen LogP contribution in [0.2, 0.25) is 0 Å². The number of hydrogen-bond acceptors (Lipinski definition) is 4. The molecule has 0 bridgehead atoms. The fourth-order valence-corrected chi connectivity index (χ4v) is 1.85. The third-order valence-corrected chi connectivity index (χ3v) is 2.82. The number of rotatable bonds is 3. The van der Waals surface area contributed by atoms with Gasteiger partial charge in [0.15, 0.2) is 0 Å². The Morgan fingerprint density at radius 2 is 2.10 bits per heavy atom. The van der Waals surface area contributed by atoms with Crippen molar-refractivity contribution in [1.82, 2.24) is 9.55 Å². The number of imidazole rings is 1. The van der Waals surface area contributed by atoms with Crippen molar-refractivity contribution >= 4 is 21.7 Å². The summed E-state index contributed by atoms with van der Waals surface area (Å²) in [5.74, 6) is -0.771. The monoisotopic (exact) mass is 351 g/mol. The average molecular weight is 352 g/mol. The molecule has 2 aromatic rings. The second kappa shape index (κ2) is 5.12. The molecule has 1 aromatic heterocycles. The van der Waals surface area contributed by atoms with Crippen molar-refractivity contribution < 1.29 is 22.8 Å². The number of aromatic nitrogens is 2. The van der Waals surface area contributed by atoms with E-state index in [0.717, 1.165) is 12.3 Å². The third-order valence-electron chi connectivity index (χ3n) is 2.20. The van der Waals surface area contributed by atoms with Crippen LogP contribution in [0.3, 0.4) is 0 Å². The van der Waals surface area contributed by atoms with Gasteiger partial charge in [0.05, 0.1) is 10.2 Å². The van der Waals surface area contributed by atoms with Gasteiger partial charge in [0.2, 0.25) is 6.33 Å². The minimum atomic E-state index is -4.79. The Bertz CT molecular complexity index is 657. The van der Waals surface area contributed by atoms with Gasteiger partial charge in [-0.2, -0.15) is 0 Å². The molecule has 0 N–H and O–H groups in total. The fraction of sp³-hybridized carbons (Fsp3) is 0.100. The SMILES string of the molecule is O=[N+]([O-])c1cn(-c2ccc(OC(F)(F)F)c(Br)c2)cn1. The van der Waals surface area contributed by atoms with E-state index in [1.54, 1.807) is 0 Å². The molecule has 1 aromatic carbocycles. The number of nitrogens with zero attached hydrogens (tertiary/aromatic N) is 3. The zero-order chi connectivity index (χ0) is 14.9. The molecule has 106 valence electrons. The lowest BCUT2D eigenvalue weighted by Gasteiger charge is -2.11. The van der Waals surface area contributed by atoms with Crippen molar-refractivity contribution in [1.29, 1.82) is 0 Å². The summed E-state index contributed by atoms with van der Waals surface area (Å²) in [7, 11) is 0. The standard InChI is InChI=1S/C10H5BrF3N3O3/c11-7-3-6(1-2-8(7)20-10(12,13)14)16-4-9(15-5-16)17(18)19/h1-5H. The zero-order valence-electron chi connectivity index (χ0n) is 9.46. The maximum absolute atomic E-state index is 12.1. The fourth-order valence-electron chi connectivity index (χ4n) is 1.41. The molecule has 20 heavy (non-hydrogen) atoms. The van der Waals surface area contributed by atoms with E-state index in [2.05, 4.69) is 25.7 Å². The minimum absolute atomic E-state index is 0.0590. The highest BCUT2D eigenvalue weighted by Crippen LogP contribution is 2.32. The molecule has 10 heteroatoms. The van der Waals surface area contributed by atoms with Crippen LogP contribution < -0.4 is 4.74 Å². The average Bonchev–Trinajstić information content (AvgIpc) is 2.79. The third kappa shape index (κ3) is 3.26. The van der Waals surface area contributed by atoms with E-state index in [1.807, 2.05) is 0 Å². The maximum atomic E-state index is 12.1. The van der Waals surface area contributed by atoms with Gasteiger partial charge in [-0.3, -0.25) is 4.57 Å². The van der Waals surface area contributed by atoms with Crippen LogP contribution in [0.25, 0.3) is 5.69 Å². The van der Waals surface area contributed by atoms with E-state index < -0.39 is 17.0 Å². The van der Waals surface area contributed by atoms with Crippen molar-refractivity contribution in [3.05, 3.63) is 45.3 Å². The highest BCUT2D eigenvalue weighted by molar-refractivity contribution is 9.10. The van der Waals surface area contributed by atoms with Crippen LogP contribution in [0.4, 0.5) is 19.0 Å².